The van der Waals surface area contributed by atoms with Crippen molar-refractivity contribution in [3.05, 3.63) is 27.2 Å². The molecule has 0 bridgehead atoms. The lowest BCUT2D eigenvalue weighted by molar-refractivity contribution is 0.0961. The summed E-state index contributed by atoms with van der Waals surface area (Å²) in [7, 11) is -3.84. The van der Waals surface area contributed by atoms with Gasteiger partial charge in [-0.15, -0.1) is 0 Å². The summed E-state index contributed by atoms with van der Waals surface area (Å²) in [4.78, 5) is -0.220. The zero-order valence-corrected chi connectivity index (χ0v) is 12.8. The second-order valence-electron chi connectivity index (χ2n) is 3.43. The minimum Gasteiger partial charge on any atom is -0.394 e. The lowest BCUT2D eigenvalue weighted by Gasteiger charge is -2.10. The monoisotopic (exact) mass is 347 g/mol. The number of aliphatic hydroxyl groups is 1. The van der Waals surface area contributed by atoms with Crippen LogP contribution in [-0.2, 0) is 14.8 Å². The quantitative estimate of drug-likeness (QED) is 0.738. The van der Waals surface area contributed by atoms with E-state index < -0.39 is 10.0 Å². The Morgan fingerprint density at radius 3 is 2.26 bits per heavy atom. The van der Waals surface area contributed by atoms with Crippen LogP contribution in [-0.4, -0.2) is 39.9 Å². The van der Waals surface area contributed by atoms with Gasteiger partial charge in [0, 0.05) is 11.6 Å². The largest absolute Gasteiger partial charge is 0.394 e. The van der Waals surface area contributed by atoms with Crippen molar-refractivity contribution >= 4 is 44.8 Å². The smallest absolute Gasteiger partial charge is 0.243 e. The normalized spacial score (nSPS) is 11.8. The standard InChI is InChI=1S/C10H12Cl3NO4S/c11-7-5-8(12)10(9(13)6-7)19(16,17)14-1-3-18-4-2-15/h5-6,14-15H,1-4H2. The highest BCUT2D eigenvalue weighted by atomic mass is 35.5. The predicted octanol–water partition coefficient (Wildman–Crippen LogP) is 1.93. The van der Waals surface area contributed by atoms with Crippen molar-refractivity contribution in [3.63, 3.8) is 0 Å². The van der Waals surface area contributed by atoms with Gasteiger partial charge in [-0.3, -0.25) is 0 Å². The average molecular weight is 349 g/mol. The summed E-state index contributed by atoms with van der Waals surface area (Å²) >= 11 is 17.4. The molecule has 0 aromatic heterocycles. The number of hydrogen-bond acceptors (Lipinski definition) is 4. The number of aliphatic hydroxyl groups excluding tert-OH is 1. The molecule has 0 radical (unpaired) electrons. The molecule has 0 fully saturated rings. The third kappa shape index (κ3) is 5.07. The topological polar surface area (TPSA) is 75.6 Å². The van der Waals surface area contributed by atoms with Gasteiger partial charge in [0.1, 0.15) is 4.90 Å². The number of ether oxygens (including phenoxy) is 1. The molecule has 2 N–H and O–H groups in total. The van der Waals surface area contributed by atoms with Crippen molar-refractivity contribution in [2.45, 2.75) is 4.90 Å². The van der Waals surface area contributed by atoms with E-state index in [2.05, 4.69) is 4.72 Å². The van der Waals surface area contributed by atoms with Gasteiger partial charge in [0.25, 0.3) is 0 Å². The molecule has 0 atom stereocenters. The van der Waals surface area contributed by atoms with Gasteiger partial charge < -0.3 is 9.84 Å². The third-order valence-electron chi connectivity index (χ3n) is 2.01. The van der Waals surface area contributed by atoms with Crippen LogP contribution in [0, 0.1) is 0 Å². The van der Waals surface area contributed by atoms with Gasteiger partial charge in [0.2, 0.25) is 10.0 Å². The van der Waals surface area contributed by atoms with Gasteiger partial charge >= 0.3 is 0 Å². The fraction of sp³-hybridized carbons (Fsp3) is 0.400. The average Bonchev–Trinajstić information content (AvgIpc) is 2.26. The SMILES string of the molecule is O=S(=O)(NCCOCCO)c1c(Cl)cc(Cl)cc1Cl. The van der Waals surface area contributed by atoms with Crippen LogP contribution in [0.2, 0.25) is 15.1 Å². The number of rotatable bonds is 7. The fourth-order valence-electron chi connectivity index (χ4n) is 1.27. The van der Waals surface area contributed by atoms with Crippen LogP contribution in [0.15, 0.2) is 17.0 Å². The Labute approximate surface area is 126 Å². The van der Waals surface area contributed by atoms with Gasteiger partial charge in [-0.2, -0.15) is 0 Å². The molecule has 0 amide bonds. The van der Waals surface area contributed by atoms with E-state index in [9.17, 15) is 8.42 Å². The maximum atomic E-state index is 12.0. The minimum atomic E-state index is -3.84. The van der Waals surface area contributed by atoms with Crippen LogP contribution in [0.1, 0.15) is 0 Å². The van der Waals surface area contributed by atoms with E-state index in [0.717, 1.165) is 0 Å². The molecular formula is C10H12Cl3NO4S. The molecule has 0 spiro atoms. The number of nitrogens with one attached hydrogen (secondary N) is 1. The van der Waals surface area contributed by atoms with Crippen LogP contribution in [0.3, 0.4) is 0 Å². The first-order chi connectivity index (χ1) is 8.88. The maximum Gasteiger partial charge on any atom is 0.243 e. The summed E-state index contributed by atoms with van der Waals surface area (Å²) < 4.78 is 31.2. The van der Waals surface area contributed by atoms with Crippen molar-refractivity contribution < 1.29 is 18.3 Å². The fourth-order valence-corrected chi connectivity index (χ4v) is 3.83. The van der Waals surface area contributed by atoms with Crippen LogP contribution in [0.5, 0.6) is 0 Å². The van der Waals surface area contributed by atoms with Gasteiger partial charge in [0.05, 0.1) is 29.9 Å². The zero-order chi connectivity index (χ0) is 14.5. The summed E-state index contributed by atoms with van der Waals surface area (Å²) in [6, 6.07) is 2.59. The van der Waals surface area contributed by atoms with Crippen LogP contribution in [0.4, 0.5) is 0 Å². The molecule has 9 heteroatoms. The number of benzene rings is 1. The van der Waals surface area contributed by atoms with E-state index in [4.69, 9.17) is 44.6 Å². The first-order valence-electron chi connectivity index (χ1n) is 5.21. The molecule has 0 aliphatic heterocycles. The van der Waals surface area contributed by atoms with Crippen molar-refractivity contribution in [1.29, 1.82) is 0 Å². The molecule has 19 heavy (non-hydrogen) atoms. The highest BCUT2D eigenvalue weighted by Gasteiger charge is 2.21. The molecule has 0 unspecified atom stereocenters. The first kappa shape index (κ1) is 17.0. The zero-order valence-electron chi connectivity index (χ0n) is 9.70. The summed E-state index contributed by atoms with van der Waals surface area (Å²) in [5, 5.41) is 8.63. The Morgan fingerprint density at radius 1 is 1.16 bits per heavy atom. The number of halogens is 3. The van der Waals surface area contributed by atoms with Gasteiger partial charge in [-0.05, 0) is 12.1 Å². The minimum absolute atomic E-state index is 0.0393. The summed E-state index contributed by atoms with van der Waals surface area (Å²) in [5.41, 5.74) is 0. The predicted molar refractivity (Wildman–Crippen MR) is 74.6 cm³/mol. The third-order valence-corrected chi connectivity index (χ3v) is 4.61. The number of sulfonamides is 1. The summed E-state index contributed by atoms with van der Waals surface area (Å²) in [6.45, 7) is 0.187. The first-order valence-corrected chi connectivity index (χ1v) is 7.83. The molecule has 1 rings (SSSR count). The van der Waals surface area contributed by atoms with Crippen molar-refractivity contribution in [3.8, 4) is 0 Å². The highest BCUT2D eigenvalue weighted by molar-refractivity contribution is 7.89. The van der Waals surface area contributed by atoms with Gasteiger partial charge in [0.15, 0.2) is 0 Å². The molecule has 0 heterocycles. The molecule has 0 aliphatic carbocycles. The summed E-state index contributed by atoms with van der Waals surface area (Å²) in [5.74, 6) is 0. The molecule has 0 saturated carbocycles. The van der Waals surface area contributed by atoms with E-state index in [1.54, 1.807) is 0 Å². The van der Waals surface area contributed by atoms with Crippen molar-refractivity contribution in [2.24, 2.45) is 0 Å². The molecule has 108 valence electrons. The van der Waals surface area contributed by atoms with E-state index in [0.29, 0.717) is 0 Å². The van der Waals surface area contributed by atoms with Crippen molar-refractivity contribution in [2.75, 3.05) is 26.4 Å². The van der Waals surface area contributed by atoms with Crippen LogP contribution in [0.25, 0.3) is 0 Å². The van der Waals surface area contributed by atoms with E-state index >= 15 is 0 Å². The summed E-state index contributed by atoms with van der Waals surface area (Å²) in [6.07, 6.45) is 0. The molecule has 5 nitrogen and oxygen atoms in total. The molecular weight excluding hydrogens is 337 g/mol. The number of hydrogen-bond donors (Lipinski definition) is 2. The van der Waals surface area contributed by atoms with Gasteiger partial charge in [-0.1, -0.05) is 34.8 Å². The van der Waals surface area contributed by atoms with E-state index in [1.165, 1.54) is 12.1 Å². The molecule has 0 aliphatic rings. The Morgan fingerprint density at radius 2 is 1.74 bits per heavy atom. The maximum absolute atomic E-state index is 12.0. The lowest BCUT2D eigenvalue weighted by atomic mass is 10.4. The highest BCUT2D eigenvalue weighted by Crippen LogP contribution is 2.32. The second kappa shape index (κ2) is 7.64. The van der Waals surface area contributed by atoms with E-state index in [-0.39, 0.29) is 46.3 Å². The Bertz CT molecular complexity index is 513. The Kier molecular flexibility index (Phi) is 6.82. The lowest BCUT2D eigenvalue weighted by Crippen LogP contribution is -2.28. The van der Waals surface area contributed by atoms with Crippen molar-refractivity contribution in [1.82, 2.24) is 4.72 Å². The Hall–Kier alpha value is -0.0800. The van der Waals surface area contributed by atoms with Crippen LogP contribution < -0.4 is 4.72 Å². The molecule has 1 aromatic carbocycles. The van der Waals surface area contributed by atoms with Crippen LogP contribution >= 0.6 is 34.8 Å². The van der Waals surface area contributed by atoms with E-state index in [1.807, 2.05) is 0 Å². The van der Waals surface area contributed by atoms with Gasteiger partial charge in [-0.25, -0.2) is 13.1 Å². The molecule has 1 aromatic rings. The Balaban J connectivity index is 2.78. The molecule has 0 saturated heterocycles. The second-order valence-corrected chi connectivity index (χ2v) is 6.39.